The second kappa shape index (κ2) is 357. The van der Waals surface area contributed by atoms with Gasteiger partial charge in [-0.1, -0.05) is 37.1 Å². The molecular formula is C23H74O10S2Y5-10. The fourth-order valence-corrected chi connectivity index (χ4v) is 0. The standard InChI is InChI=1S/C3H5OS.2C2H5.CH3O3S.4CH4O.CH3O.5CH4.5CH3.H2O.5Y/c1-3(4)5-2;2*1-2;1-5(2,3)4;5*1-2;;;;;;;;;;;;;;;;/h2H2,1H3;2*1H2,2H3;1H2,(H,2,3,4);4*2H,1H3;2H,1H2;5*1H4;5*1H3;1H2;;;;;/q4*-1;;;;;-1;;;;;;5*-1;;;;;;. The summed E-state index contributed by atoms with van der Waals surface area (Å²) in [6, 6.07) is 0. The summed E-state index contributed by atoms with van der Waals surface area (Å²) >= 11 is 0.991. The van der Waals surface area contributed by atoms with E-state index in [0.717, 1.165) is 40.2 Å². The van der Waals surface area contributed by atoms with Gasteiger partial charge in [-0.2, -0.15) is 20.1 Å². The van der Waals surface area contributed by atoms with Crippen molar-refractivity contribution in [3.63, 3.8) is 0 Å². The van der Waals surface area contributed by atoms with Gasteiger partial charge in [-0.3, -0.25) is 22.8 Å². The Labute approximate surface area is 389 Å². The predicted octanol–water partition coefficient (Wildman–Crippen LogP) is 5.58. The summed E-state index contributed by atoms with van der Waals surface area (Å²) in [5.41, 5.74) is 0. The summed E-state index contributed by atoms with van der Waals surface area (Å²) in [5.74, 6) is 0. The molecule has 0 saturated carbocycles. The fraction of sp³-hybridized carbons (Fsp3) is 0.522. The molecule has 5 radical (unpaired) electrons. The molecule has 0 amide bonds. The number of hydrogen-bond acceptors (Lipinski definition) is 9. The summed E-state index contributed by atoms with van der Waals surface area (Å²) in [7, 11) is 2.33. The van der Waals surface area contributed by atoms with Crippen LogP contribution in [0.25, 0.3) is 0 Å². The molecule has 0 aliphatic carbocycles. The number of aliphatic hydroxyl groups excluding tert-OH is 5. The molecule has 0 aliphatic heterocycles. The smallest absolute Gasteiger partial charge is 0.154 e. The number of carbonyl (C=O) groups is 1. The van der Waals surface area contributed by atoms with Crippen molar-refractivity contribution >= 4 is 27.0 Å². The van der Waals surface area contributed by atoms with Crippen molar-refractivity contribution in [1.82, 2.24) is 0 Å². The van der Waals surface area contributed by atoms with Crippen LogP contribution in [0.15, 0.2) is 0 Å². The molecule has 10 nitrogen and oxygen atoms in total. The first-order chi connectivity index (χ1) is 11.3. The third-order valence-electron chi connectivity index (χ3n) is 0.203. The Kier molecular flexibility index (Phi) is 1930. The molecule has 0 aromatic rings. The van der Waals surface area contributed by atoms with E-state index >= 15 is 0 Å². The van der Waals surface area contributed by atoms with Gasteiger partial charge in [0.1, 0.15) is 10.1 Å². The third-order valence-corrected chi connectivity index (χ3v) is 0.610. The van der Waals surface area contributed by atoms with Crippen molar-refractivity contribution in [3.8, 4) is 0 Å². The second-order valence-electron chi connectivity index (χ2n) is 1.22. The van der Waals surface area contributed by atoms with E-state index in [-0.39, 0.29) is 248 Å². The van der Waals surface area contributed by atoms with E-state index in [1.807, 2.05) is 0 Å². The average molecular weight is 1020 g/mol. The van der Waals surface area contributed by atoms with E-state index in [4.69, 9.17) is 38.5 Å². The maximum atomic E-state index is 9.71. The second-order valence-corrected chi connectivity index (χ2v) is 3.25. The van der Waals surface area contributed by atoms with Crippen LogP contribution in [-0.4, -0.2) is 77.5 Å². The maximum Gasteiger partial charge on any atom is 0.154 e. The molecule has 17 heteroatoms. The molecule has 0 atom stereocenters. The molecule has 0 bridgehead atoms. The molecule has 0 rings (SSSR count). The van der Waals surface area contributed by atoms with Gasteiger partial charge in [-0.15, -0.1) is 0 Å². The summed E-state index contributed by atoms with van der Waals surface area (Å²) in [5, 5.41) is 34.8. The van der Waals surface area contributed by atoms with Crippen molar-refractivity contribution in [2.24, 2.45) is 0 Å². The van der Waals surface area contributed by atoms with Crippen LogP contribution in [0.5, 0.6) is 0 Å². The molecule has 0 saturated heterocycles. The Balaban J connectivity index is -0.00000000269. The van der Waals surface area contributed by atoms with Crippen LogP contribution >= 0.6 is 11.8 Å². The van der Waals surface area contributed by atoms with Gasteiger partial charge in [-0.05, 0) is 0 Å². The number of carbonyl (C=O) groups excluding carboxylic acids is 1. The van der Waals surface area contributed by atoms with Gasteiger partial charge in [-0.25, -0.2) is 15.5 Å². The molecule has 0 spiro atoms. The van der Waals surface area contributed by atoms with Crippen LogP contribution in [0.1, 0.15) is 57.9 Å². The SMILES string of the molecule is C.C.C.C.C.CO.CO.CO.CO.O.[CH2-]C.[CH2-]C.[CH2-]O.[CH2-]S(=O)(=O)O.[CH2-]SC(C)=O.[CH3-].[CH3-].[CH3-].[CH3-].[CH3-].[Y].[Y].[Y].[Y].[Y]. The van der Waals surface area contributed by atoms with Gasteiger partial charge in [0.05, 0.1) is 0 Å². The largest absolute Gasteiger partial charge is 0.569 e. The van der Waals surface area contributed by atoms with Gasteiger partial charge in [0, 0.05) is 199 Å². The quantitative estimate of drug-likeness (QED) is 0.131. The minimum Gasteiger partial charge on any atom is -0.569 e. The zero-order valence-electron chi connectivity index (χ0n) is 24.1. The van der Waals surface area contributed by atoms with E-state index in [1.165, 1.54) is 6.92 Å². The van der Waals surface area contributed by atoms with E-state index in [2.05, 4.69) is 33.5 Å². The van der Waals surface area contributed by atoms with Gasteiger partial charge in [0.2, 0.25) is 0 Å². The van der Waals surface area contributed by atoms with Crippen molar-refractivity contribution in [1.29, 1.82) is 0 Å². The monoisotopic (exact) mass is 1020 g/mol. The summed E-state index contributed by atoms with van der Waals surface area (Å²) in [4.78, 5) is 9.71. The van der Waals surface area contributed by atoms with E-state index in [1.54, 1.807) is 13.8 Å². The van der Waals surface area contributed by atoms with Crippen molar-refractivity contribution < 1.29 is 212 Å². The normalized spacial score (nSPS) is 3.45. The molecule has 40 heavy (non-hydrogen) atoms. The van der Waals surface area contributed by atoms with E-state index in [0.29, 0.717) is 0 Å². The van der Waals surface area contributed by atoms with Crippen LogP contribution in [0.4, 0.5) is 0 Å². The Morgan fingerprint density at radius 3 is 0.600 bits per heavy atom. The Bertz CT molecular complexity index is 220. The summed E-state index contributed by atoms with van der Waals surface area (Å²) < 4.78 is 25.5. The van der Waals surface area contributed by atoms with Crippen LogP contribution < -0.4 is 0 Å². The molecule has 0 aromatic heterocycles. The molecule has 8 N–H and O–H groups in total. The Hall–Kier alpha value is 5.21. The van der Waals surface area contributed by atoms with Crippen LogP contribution in [0, 0.1) is 70.6 Å². The minimum absolute atomic E-state index is 0. The third kappa shape index (κ3) is 1480. The first-order valence-electron chi connectivity index (χ1n) is 5.52. The van der Waals surface area contributed by atoms with E-state index < -0.39 is 10.1 Å². The van der Waals surface area contributed by atoms with Crippen LogP contribution in [0.3, 0.4) is 0 Å². The van der Waals surface area contributed by atoms with Gasteiger partial charge >= 0.3 is 0 Å². The fourth-order valence-electron chi connectivity index (χ4n) is 0. The van der Waals surface area contributed by atoms with E-state index in [9.17, 15) is 4.79 Å². The zero-order chi connectivity index (χ0) is 22.8. The molecule has 0 fully saturated rings. The first-order valence-corrected chi connectivity index (χ1v) is 8.12. The van der Waals surface area contributed by atoms with Gasteiger partial charge in [0.15, 0.2) is 5.12 Å². The van der Waals surface area contributed by atoms with Crippen LogP contribution in [0.2, 0.25) is 0 Å². The maximum absolute atomic E-state index is 9.71. The number of aliphatic hydroxyl groups is 5. The molecule has 0 heterocycles. The first kappa shape index (κ1) is 216. The average Bonchev–Trinajstić information content (AvgIpc) is 2.65. The molecule has 263 valence electrons. The topological polar surface area (TPSA) is 204 Å². The Morgan fingerprint density at radius 1 is 0.575 bits per heavy atom. The van der Waals surface area contributed by atoms with Crippen molar-refractivity contribution in [3.05, 3.63) is 70.6 Å². The molecule has 0 unspecified atom stereocenters. The van der Waals surface area contributed by atoms with Crippen LogP contribution in [-0.2, 0) is 178 Å². The summed E-state index contributed by atoms with van der Waals surface area (Å²) in [6.07, 6.45) is 5.55. The number of hydrogen-bond donors (Lipinski definition) is 6. The molecule has 0 aliphatic rings. The Morgan fingerprint density at radius 2 is 0.600 bits per heavy atom. The van der Waals surface area contributed by atoms with Gasteiger partial charge < -0.3 is 86.5 Å². The summed E-state index contributed by atoms with van der Waals surface area (Å²) in [6.45, 7) is 11.5. The molecule has 0 aromatic carbocycles. The van der Waals surface area contributed by atoms with Crippen molar-refractivity contribution in [2.45, 2.75) is 57.9 Å². The minimum atomic E-state index is -3.92. The number of rotatable bonds is 0. The van der Waals surface area contributed by atoms with Gasteiger partial charge in [0.25, 0.3) is 0 Å². The van der Waals surface area contributed by atoms with Crippen molar-refractivity contribution in [2.75, 3.05) is 28.4 Å². The predicted molar refractivity (Wildman–Crippen MR) is 172 cm³/mol. The number of thioether (sulfide) groups is 1. The molecular weight excluding hydrogens is 945 g/mol. The zero-order valence-corrected chi connectivity index (χ0v) is 40.0.